The van der Waals surface area contributed by atoms with Crippen molar-refractivity contribution in [3.8, 4) is 11.1 Å². The number of halogens is 1. The summed E-state index contributed by atoms with van der Waals surface area (Å²) in [7, 11) is 0. The summed E-state index contributed by atoms with van der Waals surface area (Å²) in [6.07, 6.45) is 5.07. The van der Waals surface area contributed by atoms with Gasteiger partial charge < -0.3 is 11.1 Å². The van der Waals surface area contributed by atoms with Crippen LogP contribution in [0.4, 0.5) is 0 Å². The highest BCUT2D eigenvalue weighted by molar-refractivity contribution is 6.34. The van der Waals surface area contributed by atoms with Crippen LogP contribution in [0.2, 0.25) is 5.02 Å². The molecule has 1 saturated carbocycles. The number of primary amides is 1. The van der Waals surface area contributed by atoms with Gasteiger partial charge in [-0.3, -0.25) is 4.79 Å². The van der Waals surface area contributed by atoms with E-state index >= 15 is 0 Å². The average molecular weight is 371 g/mol. The molecule has 3 nitrogen and oxygen atoms in total. The molecule has 0 aliphatic heterocycles. The van der Waals surface area contributed by atoms with E-state index in [4.69, 9.17) is 17.3 Å². The van der Waals surface area contributed by atoms with Crippen molar-refractivity contribution in [2.24, 2.45) is 11.1 Å². The summed E-state index contributed by atoms with van der Waals surface area (Å²) < 4.78 is 0. The van der Waals surface area contributed by atoms with E-state index in [1.54, 1.807) is 12.1 Å². The first-order valence-corrected chi connectivity index (χ1v) is 9.64. The van der Waals surface area contributed by atoms with Gasteiger partial charge in [-0.15, -0.1) is 0 Å². The number of benzene rings is 2. The Kier molecular flexibility index (Phi) is 5.69. The van der Waals surface area contributed by atoms with Gasteiger partial charge in [0.25, 0.3) is 0 Å². The highest BCUT2D eigenvalue weighted by Gasteiger charge is 2.26. The van der Waals surface area contributed by atoms with Crippen LogP contribution >= 0.6 is 11.6 Å². The Bertz CT molecular complexity index is 790. The van der Waals surface area contributed by atoms with Gasteiger partial charge in [0.1, 0.15) is 0 Å². The van der Waals surface area contributed by atoms with Crippen LogP contribution in [0.3, 0.4) is 0 Å². The first kappa shape index (κ1) is 18.9. The molecule has 0 atom stereocenters. The normalized spacial score (nSPS) is 17.2. The number of rotatable bonds is 5. The molecule has 1 fully saturated rings. The lowest BCUT2D eigenvalue weighted by Gasteiger charge is -2.34. The molecular weight excluding hydrogens is 344 g/mol. The van der Waals surface area contributed by atoms with Crippen molar-refractivity contribution in [3.05, 3.63) is 58.6 Å². The van der Waals surface area contributed by atoms with E-state index in [0.29, 0.717) is 22.0 Å². The molecule has 0 saturated heterocycles. The number of nitrogens with one attached hydrogen (secondary N) is 1. The van der Waals surface area contributed by atoms with E-state index in [-0.39, 0.29) is 0 Å². The largest absolute Gasteiger partial charge is 0.366 e. The molecule has 1 aliphatic carbocycles. The number of hydrogen-bond donors (Lipinski definition) is 2. The molecule has 0 bridgehead atoms. The van der Waals surface area contributed by atoms with Crippen molar-refractivity contribution in [3.63, 3.8) is 0 Å². The molecule has 1 aliphatic rings. The predicted molar refractivity (Wildman–Crippen MR) is 108 cm³/mol. The molecule has 2 aromatic rings. The Hall–Kier alpha value is -1.84. The van der Waals surface area contributed by atoms with Crippen LogP contribution in [-0.4, -0.2) is 11.9 Å². The number of carbonyl (C=O) groups excluding carboxylic acids is 1. The van der Waals surface area contributed by atoms with Crippen LogP contribution in [-0.2, 0) is 6.54 Å². The van der Waals surface area contributed by atoms with E-state index in [1.807, 2.05) is 6.07 Å². The van der Waals surface area contributed by atoms with E-state index in [9.17, 15) is 4.79 Å². The Labute approximate surface area is 160 Å². The summed E-state index contributed by atoms with van der Waals surface area (Å²) in [5, 5.41) is 4.09. The number of hydrogen-bond acceptors (Lipinski definition) is 2. The number of amides is 1. The molecule has 0 aromatic heterocycles. The summed E-state index contributed by atoms with van der Waals surface area (Å²) in [6.45, 7) is 5.59. The van der Waals surface area contributed by atoms with E-state index in [0.717, 1.165) is 17.7 Å². The fraction of sp³-hybridized carbons (Fsp3) is 0.409. The molecule has 4 heteroatoms. The quantitative estimate of drug-likeness (QED) is 0.763. The first-order chi connectivity index (χ1) is 12.3. The van der Waals surface area contributed by atoms with Crippen molar-refractivity contribution < 1.29 is 4.79 Å². The van der Waals surface area contributed by atoms with Crippen LogP contribution in [0.1, 0.15) is 55.5 Å². The van der Waals surface area contributed by atoms with E-state index in [1.165, 1.54) is 31.2 Å². The Morgan fingerprint density at radius 3 is 2.50 bits per heavy atom. The van der Waals surface area contributed by atoms with Crippen molar-refractivity contribution >= 4 is 17.5 Å². The van der Waals surface area contributed by atoms with Gasteiger partial charge in [0.15, 0.2) is 0 Å². The topological polar surface area (TPSA) is 55.1 Å². The second kappa shape index (κ2) is 7.81. The average Bonchev–Trinajstić information content (AvgIpc) is 2.60. The zero-order chi connectivity index (χ0) is 18.7. The molecule has 26 heavy (non-hydrogen) atoms. The second-order valence-corrected chi connectivity index (χ2v) is 8.49. The highest BCUT2D eigenvalue weighted by atomic mass is 35.5. The van der Waals surface area contributed by atoms with Crippen LogP contribution in [0.25, 0.3) is 11.1 Å². The van der Waals surface area contributed by atoms with Gasteiger partial charge in [0, 0.05) is 12.6 Å². The number of carbonyl (C=O) groups is 1. The third-order valence-corrected chi connectivity index (χ3v) is 5.74. The highest BCUT2D eigenvalue weighted by Crippen LogP contribution is 2.35. The monoisotopic (exact) mass is 370 g/mol. The summed E-state index contributed by atoms with van der Waals surface area (Å²) >= 11 is 6.19. The predicted octanol–water partition coefficient (Wildman–Crippen LogP) is 5.16. The van der Waals surface area contributed by atoms with E-state index in [2.05, 4.69) is 43.4 Å². The van der Waals surface area contributed by atoms with Gasteiger partial charge in [-0.25, -0.2) is 0 Å². The summed E-state index contributed by atoms with van der Waals surface area (Å²) in [6, 6.07) is 14.4. The van der Waals surface area contributed by atoms with Gasteiger partial charge >= 0.3 is 0 Å². The second-order valence-electron chi connectivity index (χ2n) is 8.08. The SMILES string of the molecule is CC1(C)CCC(NCc2cccc(-c3ccc(C(N)=O)c(Cl)c3)c2)CC1. The first-order valence-electron chi connectivity index (χ1n) is 9.26. The molecule has 1 amide bonds. The zero-order valence-corrected chi connectivity index (χ0v) is 16.3. The maximum Gasteiger partial charge on any atom is 0.250 e. The summed E-state index contributed by atoms with van der Waals surface area (Å²) in [4.78, 5) is 11.3. The van der Waals surface area contributed by atoms with E-state index < -0.39 is 5.91 Å². The van der Waals surface area contributed by atoms with Crippen LogP contribution in [0.15, 0.2) is 42.5 Å². The fourth-order valence-electron chi connectivity index (χ4n) is 3.62. The van der Waals surface area contributed by atoms with Gasteiger partial charge in [-0.05, 0) is 66.0 Å². The lowest BCUT2D eigenvalue weighted by Crippen LogP contribution is -2.35. The lowest BCUT2D eigenvalue weighted by molar-refractivity contribution is 0.100. The minimum absolute atomic E-state index is 0.355. The van der Waals surface area contributed by atoms with Crippen molar-refractivity contribution in [2.75, 3.05) is 0 Å². The molecule has 0 radical (unpaired) electrons. The minimum atomic E-state index is -0.504. The molecular formula is C22H27ClN2O. The third kappa shape index (κ3) is 4.66. The van der Waals surface area contributed by atoms with Crippen LogP contribution in [0.5, 0.6) is 0 Å². The molecule has 2 aromatic carbocycles. The minimum Gasteiger partial charge on any atom is -0.366 e. The Morgan fingerprint density at radius 1 is 1.15 bits per heavy atom. The number of nitrogens with two attached hydrogens (primary N) is 1. The molecule has 3 N–H and O–H groups in total. The fourth-order valence-corrected chi connectivity index (χ4v) is 3.89. The van der Waals surface area contributed by atoms with Gasteiger partial charge in [-0.1, -0.05) is 49.7 Å². The maximum atomic E-state index is 11.3. The molecule has 0 heterocycles. The maximum absolute atomic E-state index is 11.3. The van der Waals surface area contributed by atoms with Gasteiger partial charge in [0.2, 0.25) is 5.91 Å². The van der Waals surface area contributed by atoms with Gasteiger partial charge in [0.05, 0.1) is 10.6 Å². The van der Waals surface area contributed by atoms with Crippen LogP contribution in [0, 0.1) is 5.41 Å². The molecule has 138 valence electrons. The van der Waals surface area contributed by atoms with Gasteiger partial charge in [-0.2, -0.15) is 0 Å². The molecule has 0 unspecified atom stereocenters. The zero-order valence-electron chi connectivity index (χ0n) is 15.5. The molecule has 3 rings (SSSR count). The van der Waals surface area contributed by atoms with Crippen molar-refractivity contribution in [2.45, 2.75) is 52.1 Å². The van der Waals surface area contributed by atoms with Crippen LogP contribution < -0.4 is 11.1 Å². The van der Waals surface area contributed by atoms with Crippen molar-refractivity contribution in [1.82, 2.24) is 5.32 Å². The molecule has 0 spiro atoms. The summed E-state index contributed by atoms with van der Waals surface area (Å²) in [5.74, 6) is -0.504. The Balaban J connectivity index is 1.67. The third-order valence-electron chi connectivity index (χ3n) is 5.43. The standard InChI is InChI=1S/C22H27ClN2O/c1-22(2)10-8-18(9-11-22)25-14-15-4-3-5-16(12-15)17-6-7-19(21(24)26)20(23)13-17/h3-7,12-13,18,25H,8-11,14H2,1-2H3,(H2,24,26). The van der Waals surface area contributed by atoms with Crippen molar-refractivity contribution in [1.29, 1.82) is 0 Å². The Morgan fingerprint density at radius 2 is 1.85 bits per heavy atom. The lowest BCUT2D eigenvalue weighted by atomic mass is 9.75. The summed E-state index contributed by atoms with van der Waals surface area (Å²) in [5.41, 5.74) is 9.50. The smallest absolute Gasteiger partial charge is 0.250 e.